The summed E-state index contributed by atoms with van der Waals surface area (Å²) in [5.41, 5.74) is 15.6. The average molecular weight is 1240 g/mol. The molecule has 6 heterocycles. The van der Waals surface area contributed by atoms with E-state index in [1.54, 1.807) is 0 Å². The van der Waals surface area contributed by atoms with Crippen LogP contribution in [0, 0.1) is 0 Å². The van der Waals surface area contributed by atoms with Crippen LogP contribution in [0.5, 0.6) is 0 Å². The van der Waals surface area contributed by atoms with Gasteiger partial charge in [0.2, 0.25) is 0 Å². The summed E-state index contributed by atoms with van der Waals surface area (Å²) in [6.45, 7) is 0. The van der Waals surface area contributed by atoms with Gasteiger partial charge in [0, 0.05) is 110 Å². The molecule has 0 amide bonds. The number of para-hydroxylation sites is 1. The highest BCUT2D eigenvalue weighted by molar-refractivity contribution is 7.26. The Hall–Kier alpha value is -11.4. The fourth-order valence-corrected chi connectivity index (χ4v) is 19.5. The summed E-state index contributed by atoms with van der Waals surface area (Å²) in [7, 11) is 0. The van der Waals surface area contributed by atoms with Crippen molar-refractivity contribution in [3.8, 4) is 39.3 Å². The van der Waals surface area contributed by atoms with Gasteiger partial charge in [-0.05, 0) is 187 Å². The molecule has 0 aliphatic heterocycles. The Morgan fingerprint density at radius 2 is 0.553 bits per heavy atom. The molecule has 22 rings (SSSR count). The highest BCUT2D eigenvalue weighted by Gasteiger charge is 2.22. The van der Waals surface area contributed by atoms with E-state index in [4.69, 9.17) is 0 Å². The lowest BCUT2D eigenvalue weighted by Crippen LogP contribution is -1.95. The molecule has 0 aliphatic rings. The van der Waals surface area contributed by atoms with E-state index in [1.807, 2.05) is 34.0 Å². The van der Waals surface area contributed by atoms with Crippen LogP contribution in [0.15, 0.2) is 297 Å². The van der Waals surface area contributed by atoms with Crippen molar-refractivity contribution in [2.24, 2.45) is 0 Å². The third-order valence-corrected chi connectivity index (χ3v) is 23.9. The van der Waals surface area contributed by atoms with E-state index >= 15 is 0 Å². The molecule has 0 spiro atoms. The number of nitrogens with zero attached hydrogens (tertiary/aromatic N) is 3. The van der Waals surface area contributed by atoms with Crippen molar-refractivity contribution in [1.29, 1.82) is 0 Å². The van der Waals surface area contributed by atoms with E-state index in [0.717, 1.165) is 5.69 Å². The molecule has 16 aromatic carbocycles. The molecule has 0 N–H and O–H groups in total. The normalized spacial score (nSPS) is 12.5. The number of benzene rings is 16. The van der Waals surface area contributed by atoms with Gasteiger partial charge in [-0.1, -0.05) is 170 Å². The number of aromatic nitrogens is 3. The molecule has 0 atom stereocenters. The molecular formula is C88H49N3S3. The first kappa shape index (κ1) is 51.3. The van der Waals surface area contributed by atoms with Crippen LogP contribution in [0.4, 0.5) is 0 Å². The summed E-state index contributed by atoms with van der Waals surface area (Å²) in [6.07, 6.45) is 0. The van der Waals surface area contributed by atoms with Crippen molar-refractivity contribution in [2.45, 2.75) is 0 Å². The zero-order valence-corrected chi connectivity index (χ0v) is 52.8. The molecule has 0 bridgehead atoms. The Morgan fingerprint density at radius 1 is 0.170 bits per heavy atom. The van der Waals surface area contributed by atoms with Crippen LogP contribution in [-0.4, -0.2) is 13.7 Å². The standard InChI is InChI=1S/C88H49N3S3/c1-2-14-63-50(12-1)13-11-20-76(63)91-79-37-31-55(43-69(79)72-49-88-75(46-82(72)91)67-18-6-10-23-85(67)94-88)51-24-25-54-40-59(32-28-52(54)38-51)90-78-36-30-56(42-68(78)71-48-87-74(45-81(71)90)66-17-5-9-22-84(66)93-87)53-29-34-61-57(39-53)26-27-58-41-60(33-35-62(58)61)89-77-19-7-3-15-64(77)70-47-86-73(44-80(70)89)65-16-4-8-21-83(65)92-86/h1-49H. The van der Waals surface area contributed by atoms with Crippen molar-refractivity contribution >= 4 is 203 Å². The largest absolute Gasteiger partial charge is 0.309 e. The molecule has 6 heteroatoms. The van der Waals surface area contributed by atoms with Crippen molar-refractivity contribution in [3.63, 3.8) is 0 Å². The van der Waals surface area contributed by atoms with Crippen molar-refractivity contribution in [3.05, 3.63) is 297 Å². The van der Waals surface area contributed by atoms with Gasteiger partial charge in [-0.25, -0.2) is 0 Å². The molecule has 434 valence electrons. The SMILES string of the molecule is c1ccc2c(-n3c4ccc(-c5ccc6cc(-n7c8ccc(-c9ccc%10c(ccc%11cc(-n%12c%13ccccc%13c%13cc%14sc%15ccccc%15c%14cc%13%12)ccc%11%10)c9)cc8c8cc9sc%10ccccc%10c9cc87)ccc6c5)cc4c4cc5sc6ccccc6c5cc43)cccc2c1. The van der Waals surface area contributed by atoms with Crippen molar-refractivity contribution in [2.75, 3.05) is 0 Å². The first-order valence-corrected chi connectivity index (χ1v) is 34.6. The van der Waals surface area contributed by atoms with Gasteiger partial charge in [-0.3, -0.25) is 0 Å². The lowest BCUT2D eigenvalue weighted by Gasteiger charge is -2.12. The quantitative estimate of drug-likeness (QED) is 0.153. The Morgan fingerprint density at radius 3 is 1.17 bits per heavy atom. The summed E-state index contributed by atoms with van der Waals surface area (Å²) in [4.78, 5) is 0. The lowest BCUT2D eigenvalue weighted by molar-refractivity contribution is 1.19. The summed E-state index contributed by atoms with van der Waals surface area (Å²) in [5.74, 6) is 0. The van der Waals surface area contributed by atoms with Crippen molar-refractivity contribution in [1.82, 2.24) is 13.7 Å². The fraction of sp³-hybridized carbons (Fsp3) is 0. The van der Waals surface area contributed by atoms with E-state index in [-0.39, 0.29) is 0 Å². The van der Waals surface area contributed by atoms with Gasteiger partial charge >= 0.3 is 0 Å². The van der Waals surface area contributed by atoms with Gasteiger partial charge in [-0.15, -0.1) is 34.0 Å². The molecule has 0 saturated heterocycles. The van der Waals surface area contributed by atoms with Gasteiger partial charge in [0.1, 0.15) is 0 Å². The summed E-state index contributed by atoms with van der Waals surface area (Å²) < 4.78 is 15.4. The van der Waals surface area contributed by atoms with Gasteiger partial charge in [-0.2, -0.15) is 0 Å². The molecule has 3 nitrogen and oxygen atoms in total. The van der Waals surface area contributed by atoms with Crippen LogP contribution in [0.1, 0.15) is 0 Å². The maximum atomic E-state index is 2.51. The molecule has 0 fully saturated rings. The summed E-state index contributed by atoms with van der Waals surface area (Å²) >= 11 is 5.66. The molecular weight excluding hydrogens is 1200 g/mol. The number of rotatable bonds is 5. The molecule has 22 aromatic rings. The lowest BCUT2D eigenvalue weighted by atomic mass is 9.96. The second-order valence-electron chi connectivity index (χ2n) is 25.5. The average Bonchev–Trinajstić information content (AvgIpc) is 1.57. The molecule has 0 radical (unpaired) electrons. The first-order chi connectivity index (χ1) is 46.5. The third-order valence-electron chi connectivity index (χ3n) is 20.5. The Labute approximate surface area is 549 Å². The smallest absolute Gasteiger partial charge is 0.0548 e. The Balaban J connectivity index is 0.650. The zero-order valence-electron chi connectivity index (χ0n) is 50.4. The predicted molar refractivity (Wildman–Crippen MR) is 409 cm³/mol. The minimum absolute atomic E-state index is 1.15. The highest BCUT2D eigenvalue weighted by Crippen LogP contribution is 2.47. The Bertz CT molecular complexity index is 7120. The number of hydrogen-bond acceptors (Lipinski definition) is 3. The number of thiophene rings is 3. The predicted octanol–water partition coefficient (Wildman–Crippen LogP) is 26.0. The number of hydrogen-bond donors (Lipinski definition) is 0. The Kier molecular flexibility index (Phi) is 10.4. The van der Waals surface area contributed by atoms with Gasteiger partial charge < -0.3 is 13.7 Å². The van der Waals surface area contributed by atoms with Crippen LogP contribution in [0.2, 0.25) is 0 Å². The topological polar surface area (TPSA) is 14.8 Å². The van der Waals surface area contributed by atoms with Crippen LogP contribution < -0.4 is 0 Å². The van der Waals surface area contributed by atoms with Crippen LogP contribution in [-0.2, 0) is 0 Å². The van der Waals surface area contributed by atoms with Gasteiger partial charge in [0.05, 0.1) is 38.8 Å². The fourth-order valence-electron chi connectivity index (χ4n) is 16.2. The highest BCUT2D eigenvalue weighted by atomic mass is 32.1. The first-order valence-electron chi connectivity index (χ1n) is 32.2. The van der Waals surface area contributed by atoms with Crippen LogP contribution >= 0.6 is 34.0 Å². The van der Waals surface area contributed by atoms with E-state index in [2.05, 4.69) is 311 Å². The molecule has 0 unspecified atom stereocenters. The minimum atomic E-state index is 1.15. The van der Waals surface area contributed by atoms with Gasteiger partial charge in [0.25, 0.3) is 0 Å². The third kappa shape index (κ3) is 7.30. The van der Waals surface area contributed by atoms with Crippen LogP contribution in [0.3, 0.4) is 0 Å². The van der Waals surface area contributed by atoms with E-state index < -0.39 is 0 Å². The second kappa shape index (κ2) is 19.1. The van der Waals surface area contributed by atoms with E-state index in [0.29, 0.717) is 0 Å². The maximum Gasteiger partial charge on any atom is 0.0548 e. The maximum absolute atomic E-state index is 2.51. The molecule has 6 aromatic heterocycles. The summed E-state index contributed by atoms with van der Waals surface area (Å²) in [6, 6.07) is 113. The second-order valence-corrected chi connectivity index (χ2v) is 28.8. The van der Waals surface area contributed by atoms with E-state index in [9.17, 15) is 0 Å². The molecule has 94 heavy (non-hydrogen) atoms. The minimum Gasteiger partial charge on any atom is -0.309 e. The zero-order chi connectivity index (χ0) is 61.0. The summed E-state index contributed by atoms with van der Waals surface area (Å²) in [5, 5.41) is 25.3. The van der Waals surface area contributed by atoms with E-state index in [1.165, 1.54) is 203 Å². The van der Waals surface area contributed by atoms with Crippen molar-refractivity contribution < 1.29 is 0 Å². The van der Waals surface area contributed by atoms with Gasteiger partial charge in [0.15, 0.2) is 0 Å². The molecule has 0 saturated carbocycles. The number of fused-ring (bicyclic) bond motifs is 23. The van der Waals surface area contributed by atoms with Crippen LogP contribution in [0.25, 0.3) is 208 Å². The monoisotopic (exact) mass is 1240 g/mol. The molecule has 0 aliphatic carbocycles.